The van der Waals surface area contributed by atoms with Crippen molar-refractivity contribution in [1.82, 2.24) is 0 Å². The first kappa shape index (κ1) is 44.6. The van der Waals surface area contributed by atoms with Gasteiger partial charge in [-0.1, -0.05) is 202 Å². The summed E-state index contributed by atoms with van der Waals surface area (Å²) in [6, 6.07) is 22.2. The van der Waals surface area contributed by atoms with Crippen LogP contribution in [-0.4, -0.2) is 0 Å². The minimum absolute atomic E-state index is 0.116. The zero-order valence-electron chi connectivity index (χ0n) is 34.2. The molecule has 49 heavy (non-hydrogen) atoms. The first-order valence-electron chi connectivity index (χ1n) is 19.9. The number of hydrogen-bond donors (Lipinski definition) is 0. The lowest BCUT2D eigenvalue weighted by molar-refractivity contribution is 0.308. The lowest BCUT2D eigenvalue weighted by Crippen LogP contribution is -2.08. The summed E-state index contributed by atoms with van der Waals surface area (Å²) in [6.45, 7) is 26.2. The van der Waals surface area contributed by atoms with Gasteiger partial charge in [0.2, 0.25) is 0 Å². The average molecular weight is 673 g/mol. The molecule has 3 saturated carbocycles. The van der Waals surface area contributed by atoms with Crippen LogP contribution in [0, 0.1) is 82.9 Å². The van der Waals surface area contributed by atoms with Gasteiger partial charge in [-0.3, -0.25) is 0 Å². The van der Waals surface area contributed by atoms with Gasteiger partial charge in [-0.05, 0) is 94.2 Å². The number of hydrogen-bond acceptors (Lipinski definition) is 0. The summed E-state index contributed by atoms with van der Waals surface area (Å²) in [7, 11) is 0. The molecular weight excluding hydrogens is 596 g/mol. The summed E-state index contributed by atoms with van der Waals surface area (Å²) in [5.41, 5.74) is 7.00. The summed E-state index contributed by atoms with van der Waals surface area (Å²) >= 11 is 0. The normalized spacial score (nSPS) is 24.3. The fourth-order valence-corrected chi connectivity index (χ4v) is 6.25. The smallest absolute Gasteiger partial charge is 0.126 e. The minimum atomic E-state index is -0.116. The van der Waals surface area contributed by atoms with Crippen molar-refractivity contribution in [3.8, 4) is 0 Å². The van der Waals surface area contributed by atoms with Crippen LogP contribution < -0.4 is 0 Å². The summed E-state index contributed by atoms with van der Waals surface area (Å²) < 4.78 is 12.6. The van der Waals surface area contributed by atoms with E-state index >= 15 is 0 Å². The van der Waals surface area contributed by atoms with Crippen molar-refractivity contribution in [1.29, 1.82) is 0 Å². The fraction of sp³-hybridized carbons (Fsp3) is 0.625. The lowest BCUT2D eigenvalue weighted by Gasteiger charge is -2.22. The summed E-state index contributed by atoms with van der Waals surface area (Å²) in [5.74, 6) is 6.00. The Bertz CT molecular complexity index is 1040. The van der Waals surface area contributed by atoms with E-state index in [0.717, 1.165) is 41.1 Å². The van der Waals surface area contributed by atoms with Gasteiger partial charge in [0.25, 0.3) is 0 Å². The van der Waals surface area contributed by atoms with Crippen molar-refractivity contribution in [3.63, 3.8) is 0 Å². The Morgan fingerprint density at radius 2 is 0.510 bits per heavy atom. The van der Waals surface area contributed by atoms with Crippen LogP contribution in [0.15, 0.2) is 66.7 Å². The molecule has 0 heterocycles. The monoisotopic (exact) mass is 673 g/mol. The maximum Gasteiger partial charge on any atom is 0.126 e. The Labute approximate surface area is 305 Å². The van der Waals surface area contributed by atoms with Gasteiger partial charge in [0, 0.05) is 0 Å². The molecule has 276 valence electrons. The van der Waals surface area contributed by atoms with Crippen LogP contribution in [0.3, 0.4) is 0 Å². The molecule has 0 spiro atoms. The van der Waals surface area contributed by atoms with Crippen molar-refractivity contribution >= 4 is 0 Å². The van der Waals surface area contributed by atoms with E-state index in [-0.39, 0.29) is 5.82 Å². The molecule has 1 heteroatoms. The highest BCUT2D eigenvalue weighted by atomic mass is 19.1. The van der Waals surface area contributed by atoms with Gasteiger partial charge >= 0.3 is 0 Å². The maximum absolute atomic E-state index is 12.6. The van der Waals surface area contributed by atoms with E-state index < -0.39 is 0 Å². The van der Waals surface area contributed by atoms with Gasteiger partial charge < -0.3 is 0 Å². The molecule has 3 fully saturated rings. The van der Waals surface area contributed by atoms with Crippen molar-refractivity contribution in [3.05, 3.63) is 106 Å². The fourth-order valence-electron chi connectivity index (χ4n) is 6.25. The van der Waals surface area contributed by atoms with Gasteiger partial charge in [0.05, 0.1) is 0 Å². The van der Waals surface area contributed by atoms with Crippen LogP contribution in [0.2, 0.25) is 0 Å². The Balaban J connectivity index is 0.000000294. The lowest BCUT2D eigenvalue weighted by atomic mass is 9.84. The Kier molecular flexibility index (Phi) is 23.2. The zero-order chi connectivity index (χ0) is 36.8. The largest absolute Gasteiger partial charge is 0.207 e. The summed E-state index contributed by atoms with van der Waals surface area (Å²) in [5, 5.41) is 0. The van der Waals surface area contributed by atoms with Crippen LogP contribution in [0.4, 0.5) is 4.39 Å². The Hall–Kier alpha value is -2.41. The number of benzene rings is 3. The van der Waals surface area contributed by atoms with Crippen LogP contribution in [0.25, 0.3) is 0 Å². The minimum Gasteiger partial charge on any atom is -0.207 e. The number of rotatable bonds is 0. The van der Waals surface area contributed by atoms with Crippen molar-refractivity contribution in [2.45, 2.75) is 160 Å². The second-order valence-electron chi connectivity index (χ2n) is 16.7. The molecule has 0 atom stereocenters. The van der Waals surface area contributed by atoms with E-state index in [4.69, 9.17) is 0 Å². The molecule has 0 saturated heterocycles. The van der Waals surface area contributed by atoms with Gasteiger partial charge in [0.15, 0.2) is 0 Å². The molecule has 3 aliphatic carbocycles. The highest BCUT2D eigenvalue weighted by Crippen LogP contribution is 2.28. The molecule has 0 aromatic heterocycles. The van der Waals surface area contributed by atoms with E-state index in [0.29, 0.717) is 5.56 Å². The highest BCUT2D eigenvalue weighted by molar-refractivity contribution is 5.22. The van der Waals surface area contributed by atoms with Gasteiger partial charge in [-0.25, -0.2) is 4.39 Å². The van der Waals surface area contributed by atoms with Crippen molar-refractivity contribution < 1.29 is 4.39 Å². The van der Waals surface area contributed by atoms with E-state index in [1.165, 1.54) is 105 Å². The SMILES string of the molecule is CC1CCC(C)CC1.CC1CCC(C)CC1.CC1CCC(C)CC1.Cc1ccc(C)c(F)c1.Cc1ccc(C)cc1.Cc1ccc(C)cc1. The Morgan fingerprint density at radius 3 is 0.673 bits per heavy atom. The molecule has 0 radical (unpaired) electrons. The van der Waals surface area contributed by atoms with E-state index in [9.17, 15) is 4.39 Å². The number of aryl methyl sites for hydroxylation is 6. The molecule has 3 aromatic carbocycles. The van der Waals surface area contributed by atoms with Crippen molar-refractivity contribution in [2.75, 3.05) is 0 Å². The topological polar surface area (TPSA) is 0 Å². The van der Waals surface area contributed by atoms with E-state index in [2.05, 4.69) is 118 Å². The third-order valence-electron chi connectivity index (χ3n) is 10.7. The molecule has 6 rings (SSSR count). The highest BCUT2D eigenvalue weighted by Gasteiger charge is 2.14. The van der Waals surface area contributed by atoms with E-state index in [1.54, 1.807) is 13.0 Å². The second kappa shape index (κ2) is 25.5. The average Bonchev–Trinajstić information content (AvgIpc) is 3.08. The zero-order valence-corrected chi connectivity index (χ0v) is 34.2. The Morgan fingerprint density at radius 1 is 0.327 bits per heavy atom. The second-order valence-corrected chi connectivity index (χ2v) is 16.7. The molecule has 0 aliphatic heterocycles. The first-order chi connectivity index (χ1) is 23.1. The maximum atomic E-state index is 12.6. The molecule has 3 aliphatic rings. The van der Waals surface area contributed by atoms with E-state index in [1.807, 2.05) is 13.0 Å². The molecule has 0 amide bonds. The first-order valence-corrected chi connectivity index (χ1v) is 19.9. The quantitative estimate of drug-likeness (QED) is 0.223. The van der Waals surface area contributed by atoms with Crippen molar-refractivity contribution in [2.24, 2.45) is 35.5 Å². The van der Waals surface area contributed by atoms with Gasteiger partial charge in [-0.2, -0.15) is 0 Å². The molecule has 0 unspecified atom stereocenters. The standard InChI is InChI=1S/C8H9F.3C8H16.2C8H10/c1-6-3-4-7(2)8(9)5-6;5*1-7-3-5-8(2)6-4-7/h3-5H,1-2H3;3*7-8H,3-6H2,1-2H3;2*3-6H,1-2H3. The van der Waals surface area contributed by atoms with Gasteiger partial charge in [0.1, 0.15) is 5.82 Å². The van der Waals surface area contributed by atoms with Gasteiger partial charge in [-0.15, -0.1) is 0 Å². The molecule has 0 N–H and O–H groups in total. The molecular formula is C48H77F. The van der Waals surface area contributed by atoms with Crippen LogP contribution >= 0.6 is 0 Å². The summed E-state index contributed by atoms with van der Waals surface area (Å²) in [4.78, 5) is 0. The van der Waals surface area contributed by atoms with Crippen LogP contribution in [0.1, 0.15) is 152 Å². The third-order valence-corrected chi connectivity index (χ3v) is 10.7. The molecule has 0 nitrogen and oxygen atoms in total. The predicted molar refractivity (Wildman–Crippen MR) is 218 cm³/mol. The van der Waals surface area contributed by atoms with Crippen LogP contribution in [-0.2, 0) is 0 Å². The summed E-state index contributed by atoms with van der Waals surface area (Å²) in [6.07, 6.45) is 17.7. The van der Waals surface area contributed by atoms with Crippen LogP contribution in [0.5, 0.6) is 0 Å². The third kappa shape index (κ3) is 23.6. The molecule has 3 aromatic rings. The number of halogens is 1. The predicted octanol–water partition coefficient (Wildman–Crippen LogP) is 15.5. The molecule has 0 bridgehead atoms.